The minimum absolute atomic E-state index is 1.47. The van der Waals surface area contributed by atoms with E-state index in [0.29, 0.717) is 0 Å². The summed E-state index contributed by atoms with van der Waals surface area (Å²) >= 11 is 6.19. The highest BCUT2D eigenvalue weighted by Crippen LogP contribution is 2.43. The molecule has 0 aliphatic carbocycles. The number of rotatable bonds is 3. The molecule has 0 fully saturated rings. The maximum Gasteiger partial charge on any atom is 0.349 e. The van der Waals surface area contributed by atoms with Gasteiger partial charge in [0, 0.05) is 0 Å². The molecular formula is C4H3BrClF3O2. The molecule has 1 unspecified atom stereocenters. The first kappa shape index (κ1) is 11.0. The minimum atomic E-state index is -4.04. The summed E-state index contributed by atoms with van der Waals surface area (Å²) in [6.07, 6.45) is -1.47. The van der Waals surface area contributed by atoms with E-state index in [4.69, 9.17) is 5.11 Å². The number of alkyl halides is 5. The number of carboxylic acid groups (broad SMARTS) is 1. The maximum atomic E-state index is 12.4. The second kappa shape index (κ2) is 3.18. The Kier molecular flexibility index (Phi) is 3.19. The van der Waals surface area contributed by atoms with Gasteiger partial charge in [-0.15, -0.1) is 0 Å². The van der Waals surface area contributed by atoms with Crippen molar-refractivity contribution < 1.29 is 23.1 Å². The lowest BCUT2D eigenvalue weighted by molar-refractivity contribution is -0.141. The second-order valence-electron chi connectivity index (χ2n) is 1.77. The van der Waals surface area contributed by atoms with Crippen LogP contribution in [0.25, 0.3) is 0 Å². The zero-order valence-corrected chi connectivity index (χ0v) is 7.29. The van der Waals surface area contributed by atoms with E-state index in [2.05, 4.69) is 11.6 Å². The van der Waals surface area contributed by atoms with Crippen LogP contribution < -0.4 is 0 Å². The van der Waals surface area contributed by atoms with Gasteiger partial charge < -0.3 is 5.11 Å². The Balaban J connectivity index is 4.34. The lowest BCUT2D eigenvalue weighted by atomic mass is 10.3. The molecule has 0 amide bonds. The Hall–Kier alpha value is 0.0300. The van der Waals surface area contributed by atoms with Crippen LogP contribution in [0.5, 0.6) is 0 Å². The summed E-state index contributed by atoms with van der Waals surface area (Å²) in [4.78, 5) is 5.74. The molecule has 0 heterocycles. The van der Waals surface area contributed by atoms with Crippen LogP contribution in [0.15, 0.2) is 0 Å². The molecule has 0 aromatic carbocycles. The summed E-state index contributed by atoms with van der Waals surface area (Å²) in [5.74, 6) is -1.73. The molecule has 0 saturated carbocycles. The molecule has 1 atom stereocenters. The van der Waals surface area contributed by atoms with E-state index < -0.39 is 22.3 Å². The third-order valence-electron chi connectivity index (χ3n) is 0.788. The van der Waals surface area contributed by atoms with Crippen LogP contribution in [0, 0.1) is 0 Å². The molecule has 0 saturated heterocycles. The van der Waals surface area contributed by atoms with E-state index in [1.54, 1.807) is 15.9 Å². The van der Waals surface area contributed by atoms with Gasteiger partial charge in [0.1, 0.15) is 6.42 Å². The molecule has 0 aromatic heterocycles. The molecule has 0 aliphatic rings. The Morgan fingerprint density at radius 1 is 1.55 bits per heavy atom. The fourth-order valence-electron chi connectivity index (χ4n) is 0.290. The maximum absolute atomic E-state index is 12.4. The van der Waals surface area contributed by atoms with Gasteiger partial charge in [0.05, 0.1) is 0 Å². The van der Waals surface area contributed by atoms with Crippen LogP contribution in [0.4, 0.5) is 13.2 Å². The normalized spacial score (nSPS) is 17.5. The van der Waals surface area contributed by atoms with Gasteiger partial charge in [0.2, 0.25) is 0 Å². The number of carbonyl (C=O) groups is 1. The molecule has 0 radical (unpaired) electrons. The molecule has 0 aliphatic heterocycles. The topological polar surface area (TPSA) is 37.3 Å². The third kappa shape index (κ3) is 3.29. The van der Waals surface area contributed by atoms with Crippen molar-refractivity contribution in [2.75, 3.05) is 0 Å². The van der Waals surface area contributed by atoms with Gasteiger partial charge in [-0.05, 0) is 15.9 Å². The van der Waals surface area contributed by atoms with Crippen LogP contribution >= 0.6 is 27.5 Å². The van der Waals surface area contributed by atoms with Crippen LogP contribution in [0.1, 0.15) is 6.42 Å². The molecule has 66 valence electrons. The number of aliphatic carboxylic acids is 1. The molecule has 2 nitrogen and oxygen atoms in total. The first-order chi connectivity index (χ1) is 4.67. The monoisotopic (exact) mass is 254 g/mol. The second-order valence-corrected chi connectivity index (χ2v) is 3.37. The highest BCUT2D eigenvalue weighted by atomic mass is 79.9. The lowest BCUT2D eigenvalue weighted by Gasteiger charge is -2.20. The third-order valence-corrected chi connectivity index (χ3v) is 2.02. The van der Waals surface area contributed by atoms with Crippen molar-refractivity contribution in [3.63, 3.8) is 0 Å². The van der Waals surface area contributed by atoms with Gasteiger partial charge in [0.25, 0.3) is 5.13 Å². The predicted molar refractivity (Wildman–Crippen MR) is 35.8 cm³/mol. The summed E-state index contributed by atoms with van der Waals surface area (Å²) < 4.78 is 36.4. The fourth-order valence-corrected chi connectivity index (χ4v) is 0.545. The summed E-state index contributed by atoms with van der Waals surface area (Å²) in [6.45, 7) is 0. The Bertz CT molecular complexity index is 167. The van der Waals surface area contributed by atoms with Gasteiger partial charge in [0.15, 0.2) is 0 Å². The van der Waals surface area contributed by atoms with Crippen LogP contribution in [-0.2, 0) is 4.79 Å². The predicted octanol–water partition coefficient (Wildman–Crippen LogP) is 2.35. The molecule has 1 N–H and O–H groups in total. The average molecular weight is 255 g/mol. The number of carboxylic acids is 1. The van der Waals surface area contributed by atoms with E-state index in [1.807, 2.05) is 0 Å². The molecule has 7 heteroatoms. The van der Waals surface area contributed by atoms with Crippen molar-refractivity contribution in [3.05, 3.63) is 0 Å². The van der Waals surface area contributed by atoms with Crippen LogP contribution in [0.2, 0.25) is 0 Å². The summed E-state index contributed by atoms with van der Waals surface area (Å²) in [5.41, 5.74) is 0. The van der Waals surface area contributed by atoms with Gasteiger partial charge in [-0.1, -0.05) is 11.6 Å². The Morgan fingerprint density at radius 3 is 2.00 bits per heavy atom. The summed E-state index contributed by atoms with van der Waals surface area (Å²) in [7, 11) is 0. The standard InChI is InChI=1S/C4H3BrClF3O2/c5-4(8,9)3(6,7)1-2(10)11/h1H2,(H,10,11). The van der Waals surface area contributed by atoms with E-state index in [1.165, 1.54) is 0 Å². The highest BCUT2D eigenvalue weighted by molar-refractivity contribution is 9.10. The lowest BCUT2D eigenvalue weighted by Crippen LogP contribution is -2.35. The minimum Gasteiger partial charge on any atom is -0.481 e. The molecule has 0 aromatic rings. The van der Waals surface area contributed by atoms with E-state index in [0.717, 1.165) is 0 Å². The molecule has 0 spiro atoms. The first-order valence-corrected chi connectivity index (χ1v) is 3.50. The Morgan fingerprint density at radius 2 is 1.91 bits per heavy atom. The summed E-state index contributed by atoms with van der Waals surface area (Å²) in [5, 5.41) is 4.35. The van der Waals surface area contributed by atoms with Crippen molar-refractivity contribution in [3.8, 4) is 0 Å². The van der Waals surface area contributed by atoms with E-state index in [-0.39, 0.29) is 0 Å². The fraction of sp³-hybridized carbons (Fsp3) is 0.750. The quantitative estimate of drug-likeness (QED) is 0.786. The zero-order valence-electron chi connectivity index (χ0n) is 4.95. The summed E-state index contributed by atoms with van der Waals surface area (Å²) in [6, 6.07) is 0. The number of hydrogen-bond acceptors (Lipinski definition) is 1. The number of halogens is 5. The zero-order chi connectivity index (χ0) is 9.28. The SMILES string of the molecule is O=C(O)CC(F)(Cl)C(F)(F)Br. The van der Waals surface area contributed by atoms with Crippen molar-refractivity contribution in [1.29, 1.82) is 0 Å². The largest absolute Gasteiger partial charge is 0.481 e. The highest BCUT2D eigenvalue weighted by Gasteiger charge is 2.53. The molecule has 0 rings (SSSR count). The average Bonchev–Trinajstić information content (AvgIpc) is 1.56. The first-order valence-electron chi connectivity index (χ1n) is 2.33. The molecule has 11 heavy (non-hydrogen) atoms. The van der Waals surface area contributed by atoms with Gasteiger partial charge in [-0.3, -0.25) is 4.79 Å². The van der Waals surface area contributed by atoms with Crippen LogP contribution in [0.3, 0.4) is 0 Å². The van der Waals surface area contributed by atoms with Crippen molar-refractivity contribution in [2.45, 2.75) is 16.4 Å². The Labute approximate surface area is 73.5 Å². The van der Waals surface area contributed by atoms with Crippen molar-refractivity contribution in [1.82, 2.24) is 0 Å². The molecular weight excluding hydrogens is 252 g/mol. The van der Waals surface area contributed by atoms with Gasteiger partial charge in [-0.2, -0.15) is 8.78 Å². The van der Waals surface area contributed by atoms with Gasteiger partial charge in [-0.25, -0.2) is 4.39 Å². The van der Waals surface area contributed by atoms with Gasteiger partial charge >= 0.3 is 10.8 Å². The number of hydrogen-bond donors (Lipinski definition) is 1. The van der Waals surface area contributed by atoms with E-state index >= 15 is 0 Å². The van der Waals surface area contributed by atoms with Crippen molar-refractivity contribution in [2.24, 2.45) is 0 Å². The van der Waals surface area contributed by atoms with Crippen LogP contribution in [-0.4, -0.2) is 21.0 Å². The smallest absolute Gasteiger partial charge is 0.349 e. The van der Waals surface area contributed by atoms with Crippen molar-refractivity contribution >= 4 is 33.5 Å². The van der Waals surface area contributed by atoms with E-state index in [9.17, 15) is 18.0 Å². The molecule has 0 bridgehead atoms.